The number of unbranched alkanes of at least 4 members (excludes halogenated alkanes) is 1. The third kappa shape index (κ3) is 24.1. The molecular formula is C33H61N3O12S. The lowest BCUT2D eigenvalue weighted by Gasteiger charge is -2.19. The van der Waals surface area contributed by atoms with E-state index in [1.165, 1.54) is 0 Å². The van der Waals surface area contributed by atoms with Gasteiger partial charge in [0.1, 0.15) is 5.60 Å². The van der Waals surface area contributed by atoms with Crippen molar-refractivity contribution in [1.82, 2.24) is 16.0 Å². The molecule has 2 fully saturated rings. The molecule has 16 heteroatoms. The van der Waals surface area contributed by atoms with Gasteiger partial charge in [0.2, 0.25) is 5.91 Å². The van der Waals surface area contributed by atoms with Crippen molar-refractivity contribution >= 4 is 29.7 Å². The normalized spacial score (nSPS) is 18.7. The summed E-state index contributed by atoms with van der Waals surface area (Å²) < 4.78 is 48.9. The molecule has 0 aromatic rings. The average Bonchev–Trinajstić information content (AvgIpc) is 3.60. The Morgan fingerprint density at radius 3 is 1.63 bits per heavy atom. The van der Waals surface area contributed by atoms with E-state index in [2.05, 4.69) is 16.0 Å². The minimum atomic E-state index is -0.478. The van der Waals surface area contributed by atoms with Gasteiger partial charge < -0.3 is 58.6 Å². The molecule has 3 N–H and O–H groups in total. The highest BCUT2D eigenvalue weighted by atomic mass is 32.2. The van der Waals surface area contributed by atoms with Crippen LogP contribution in [0.15, 0.2) is 0 Å². The standard InChI is InChI=1S/C33H61N3O12S/c1-33(2,3)48-30(38)8-10-40-12-14-42-16-18-44-20-22-46-24-25-47-23-21-45-19-17-43-15-13-41-11-9-34-29(37)7-5-4-6-28-31-27(26-49-28)35-32(39)36-31/h27-28,31H,4-26H2,1-3H3,(H,34,37)(H2,35,36,39)/t27-,28-,31-/m0/s1. The maximum atomic E-state index is 12.0. The van der Waals surface area contributed by atoms with Gasteiger partial charge in [0, 0.05) is 24.0 Å². The van der Waals surface area contributed by atoms with Crippen LogP contribution in [0.2, 0.25) is 0 Å². The monoisotopic (exact) mass is 723 g/mol. The van der Waals surface area contributed by atoms with Crippen LogP contribution >= 0.6 is 11.8 Å². The first kappa shape index (κ1) is 43.4. The van der Waals surface area contributed by atoms with Crippen molar-refractivity contribution in [3.63, 3.8) is 0 Å². The third-order valence-corrected chi connectivity index (χ3v) is 8.63. The Bertz CT molecular complexity index is 882. The molecule has 2 heterocycles. The van der Waals surface area contributed by atoms with Gasteiger partial charge in [-0.3, -0.25) is 9.59 Å². The molecule has 0 aliphatic carbocycles. The fraction of sp³-hybridized carbons (Fsp3) is 0.909. The quantitative estimate of drug-likeness (QED) is 0.0521. The summed E-state index contributed by atoms with van der Waals surface area (Å²) in [6.07, 6.45) is 3.56. The van der Waals surface area contributed by atoms with E-state index in [-0.39, 0.29) is 36.4 Å². The van der Waals surface area contributed by atoms with Gasteiger partial charge in [0.05, 0.1) is 124 Å². The second-order valence-corrected chi connectivity index (χ2v) is 13.7. The van der Waals surface area contributed by atoms with Crippen molar-refractivity contribution in [2.24, 2.45) is 0 Å². The van der Waals surface area contributed by atoms with E-state index < -0.39 is 5.60 Å². The number of fused-ring (bicyclic) bond motifs is 1. The summed E-state index contributed by atoms with van der Waals surface area (Å²) in [6, 6.07) is 0.404. The molecule has 2 aliphatic heterocycles. The maximum absolute atomic E-state index is 12.0. The molecule has 15 nitrogen and oxygen atoms in total. The summed E-state index contributed by atoms with van der Waals surface area (Å²) in [4.78, 5) is 35.0. The molecule has 0 radical (unpaired) electrons. The van der Waals surface area contributed by atoms with Crippen LogP contribution in [0, 0.1) is 0 Å². The van der Waals surface area contributed by atoms with Crippen LogP contribution in [0.3, 0.4) is 0 Å². The summed E-state index contributed by atoms with van der Waals surface area (Å²) in [5, 5.41) is 9.27. The highest BCUT2D eigenvalue weighted by Gasteiger charge is 2.42. The molecule has 286 valence electrons. The number of ether oxygens (including phenoxy) is 9. The molecule has 3 amide bonds. The Morgan fingerprint density at radius 1 is 0.673 bits per heavy atom. The van der Waals surface area contributed by atoms with Crippen molar-refractivity contribution < 1.29 is 57.0 Å². The summed E-state index contributed by atoms with van der Waals surface area (Å²) in [5.41, 5.74) is -0.478. The van der Waals surface area contributed by atoms with Gasteiger partial charge in [-0.25, -0.2) is 4.79 Å². The van der Waals surface area contributed by atoms with Crippen LogP contribution in [0.1, 0.15) is 52.9 Å². The summed E-state index contributed by atoms with van der Waals surface area (Å²) in [6.45, 7) is 13.3. The van der Waals surface area contributed by atoms with Crippen molar-refractivity contribution in [3.05, 3.63) is 0 Å². The fourth-order valence-corrected chi connectivity index (χ4v) is 6.36. The lowest BCUT2D eigenvalue weighted by atomic mass is 10.0. The summed E-state index contributed by atoms with van der Waals surface area (Å²) in [5.74, 6) is 0.731. The summed E-state index contributed by atoms with van der Waals surface area (Å²) >= 11 is 1.90. The van der Waals surface area contributed by atoms with E-state index in [0.29, 0.717) is 124 Å². The topological polar surface area (TPSA) is 170 Å². The zero-order valence-electron chi connectivity index (χ0n) is 29.8. The number of esters is 1. The molecule has 2 saturated heterocycles. The Morgan fingerprint density at radius 2 is 1.14 bits per heavy atom. The van der Waals surface area contributed by atoms with E-state index in [9.17, 15) is 14.4 Å². The van der Waals surface area contributed by atoms with Gasteiger partial charge in [-0.05, 0) is 33.6 Å². The lowest BCUT2D eigenvalue weighted by molar-refractivity contribution is -0.156. The van der Waals surface area contributed by atoms with Crippen LogP contribution in [-0.2, 0) is 52.2 Å². The van der Waals surface area contributed by atoms with Crippen LogP contribution in [0.4, 0.5) is 4.79 Å². The number of rotatable bonds is 32. The smallest absolute Gasteiger partial charge is 0.315 e. The number of thioether (sulfide) groups is 1. The fourth-order valence-electron chi connectivity index (χ4n) is 4.81. The van der Waals surface area contributed by atoms with Crippen LogP contribution in [0.5, 0.6) is 0 Å². The van der Waals surface area contributed by atoms with Crippen LogP contribution in [-0.4, -0.2) is 159 Å². The number of hydrogen-bond acceptors (Lipinski definition) is 13. The lowest BCUT2D eigenvalue weighted by Crippen LogP contribution is -2.36. The molecular weight excluding hydrogens is 662 g/mol. The van der Waals surface area contributed by atoms with Gasteiger partial charge >= 0.3 is 12.0 Å². The second-order valence-electron chi connectivity index (χ2n) is 12.5. The van der Waals surface area contributed by atoms with E-state index in [0.717, 1.165) is 25.0 Å². The number of urea groups is 1. The average molecular weight is 724 g/mol. The molecule has 0 aromatic carbocycles. The highest BCUT2D eigenvalue weighted by Crippen LogP contribution is 2.33. The van der Waals surface area contributed by atoms with Gasteiger partial charge in [-0.15, -0.1) is 0 Å². The molecule has 3 atom stereocenters. The van der Waals surface area contributed by atoms with Crippen molar-refractivity contribution in [2.45, 2.75) is 75.8 Å². The minimum absolute atomic E-state index is 0.0409. The Balaban J connectivity index is 1.18. The van der Waals surface area contributed by atoms with Crippen LogP contribution in [0.25, 0.3) is 0 Å². The minimum Gasteiger partial charge on any atom is -0.460 e. The van der Waals surface area contributed by atoms with E-state index in [1.54, 1.807) is 0 Å². The van der Waals surface area contributed by atoms with Crippen molar-refractivity contribution in [1.29, 1.82) is 0 Å². The van der Waals surface area contributed by atoms with Gasteiger partial charge in [-0.2, -0.15) is 11.8 Å². The van der Waals surface area contributed by atoms with Crippen molar-refractivity contribution in [2.75, 3.05) is 118 Å². The number of carbonyl (C=O) groups is 3. The highest BCUT2D eigenvalue weighted by molar-refractivity contribution is 8.00. The Labute approximate surface area is 296 Å². The Kier molecular flexibility index (Phi) is 24.7. The number of carbonyl (C=O) groups excluding carboxylic acids is 3. The van der Waals surface area contributed by atoms with E-state index >= 15 is 0 Å². The first-order valence-corrected chi connectivity index (χ1v) is 18.6. The molecule has 0 saturated carbocycles. The largest absolute Gasteiger partial charge is 0.460 e. The molecule has 0 unspecified atom stereocenters. The van der Waals surface area contributed by atoms with Crippen LogP contribution < -0.4 is 16.0 Å². The van der Waals surface area contributed by atoms with Gasteiger partial charge in [0.25, 0.3) is 0 Å². The van der Waals surface area contributed by atoms with Gasteiger partial charge in [-0.1, -0.05) is 6.42 Å². The molecule has 0 bridgehead atoms. The SMILES string of the molecule is CC(C)(C)OC(=O)CCOCCOCCOCCOCCOCCOCCOCCOCCNC(=O)CCCC[C@@H]1SC[C@@H]2NC(=O)N[C@@H]21. The molecule has 0 aromatic heterocycles. The molecule has 49 heavy (non-hydrogen) atoms. The second kappa shape index (κ2) is 27.9. The predicted octanol–water partition coefficient (Wildman–Crippen LogP) is 1.69. The maximum Gasteiger partial charge on any atom is 0.315 e. The summed E-state index contributed by atoms with van der Waals surface area (Å²) in [7, 11) is 0. The third-order valence-electron chi connectivity index (χ3n) is 7.12. The number of hydrogen-bond donors (Lipinski definition) is 3. The van der Waals surface area contributed by atoms with E-state index in [1.807, 2.05) is 32.5 Å². The first-order valence-electron chi connectivity index (χ1n) is 17.5. The molecule has 2 rings (SSSR count). The van der Waals surface area contributed by atoms with Crippen molar-refractivity contribution in [3.8, 4) is 0 Å². The Hall–Kier alpha value is -1.76. The number of amides is 3. The molecule has 0 spiro atoms. The predicted molar refractivity (Wildman–Crippen MR) is 184 cm³/mol. The van der Waals surface area contributed by atoms with E-state index in [4.69, 9.17) is 42.6 Å². The first-order chi connectivity index (χ1) is 23.7. The number of nitrogens with one attached hydrogen (secondary N) is 3. The zero-order chi connectivity index (χ0) is 35.4. The van der Waals surface area contributed by atoms with Gasteiger partial charge in [0.15, 0.2) is 0 Å². The zero-order valence-corrected chi connectivity index (χ0v) is 30.6. The molecule has 2 aliphatic rings.